The van der Waals surface area contributed by atoms with Crippen LogP contribution in [-0.4, -0.2) is 13.0 Å². The smallest absolute Gasteiger partial charge is 0.252 e. The molecular formula is C21H27NO2. The summed E-state index contributed by atoms with van der Waals surface area (Å²) in [6.45, 7) is 10.3. The first-order valence-electron chi connectivity index (χ1n) is 8.40. The summed E-state index contributed by atoms with van der Waals surface area (Å²) in [6, 6.07) is 11.8. The first kappa shape index (κ1) is 18.1. The predicted molar refractivity (Wildman–Crippen MR) is 98.9 cm³/mol. The van der Waals surface area contributed by atoms with Crippen molar-refractivity contribution < 1.29 is 9.53 Å². The number of methoxy groups -OCH3 is 1. The van der Waals surface area contributed by atoms with Crippen molar-refractivity contribution in [1.82, 2.24) is 5.32 Å². The maximum absolute atomic E-state index is 12.6. The summed E-state index contributed by atoms with van der Waals surface area (Å²) in [5.74, 6) is 1.23. The average Bonchev–Trinajstić information content (AvgIpc) is 2.54. The third-order valence-corrected chi connectivity index (χ3v) is 4.44. The summed E-state index contributed by atoms with van der Waals surface area (Å²) in [6.07, 6.45) is 0. The molecule has 0 saturated carbocycles. The Morgan fingerprint density at radius 3 is 2.25 bits per heavy atom. The Bertz CT molecular complexity index is 735. The maximum Gasteiger partial charge on any atom is 0.252 e. The predicted octanol–water partition coefficient (Wildman–Crippen LogP) is 4.93. The first-order chi connectivity index (χ1) is 11.3. The lowest BCUT2D eigenvalue weighted by Crippen LogP contribution is -2.27. The Balaban J connectivity index is 2.29. The summed E-state index contributed by atoms with van der Waals surface area (Å²) in [5.41, 5.74) is 5.11. The molecule has 0 aliphatic carbocycles. The standard InChI is InChI=1S/C21H27NO2/c1-13(2)18-12-19(15(4)11-20(18)24-6)16(5)22-21(23)17-10-8-7-9-14(17)3/h7-13,16H,1-6H3,(H,22,23). The Kier molecular flexibility index (Phi) is 5.66. The van der Waals surface area contributed by atoms with Gasteiger partial charge in [-0.3, -0.25) is 4.79 Å². The number of hydrogen-bond acceptors (Lipinski definition) is 2. The summed E-state index contributed by atoms with van der Waals surface area (Å²) < 4.78 is 5.50. The molecule has 0 heterocycles. The van der Waals surface area contributed by atoms with Gasteiger partial charge in [-0.05, 0) is 67.1 Å². The number of carbonyl (C=O) groups is 1. The highest BCUT2D eigenvalue weighted by atomic mass is 16.5. The minimum atomic E-state index is -0.0690. The molecule has 2 aromatic carbocycles. The molecule has 0 aliphatic rings. The van der Waals surface area contributed by atoms with Gasteiger partial charge in [0.2, 0.25) is 0 Å². The summed E-state index contributed by atoms with van der Waals surface area (Å²) in [4.78, 5) is 12.6. The first-order valence-corrected chi connectivity index (χ1v) is 8.40. The van der Waals surface area contributed by atoms with Crippen molar-refractivity contribution in [1.29, 1.82) is 0 Å². The fraction of sp³-hybridized carbons (Fsp3) is 0.381. The van der Waals surface area contributed by atoms with E-state index in [2.05, 4.69) is 38.2 Å². The van der Waals surface area contributed by atoms with Gasteiger partial charge in [0.1, 0.15) is 5.75 Å². The molecule has 3 heteroatoms. The van der Waals surface area contributed by atoms with Crippen molar-refractivity contribution in [3.63, 3.8) is 0 Å². The zero-order valence-corrected chi connectivity index (χ0v) is 15.4. The van der Waals surface area contributed by atoms with Gasteiger partial charge in [-0.2, -0.15) is 0 Å². The molecule has 24 heavy (non-hydrogen) atoms. The van der Waals surface area contributed by atoms with E-state index >= 15 is 0 Å². The van der Waals surface area contributed by atoms with Crippen LogP contribution in [0.15, 0.2) is 36.4 Å². The lowest BCUT2D eigenvalue weighted by Gasteiger charge is -2.21. The molecule has 0 aromatic heterocycles. The van der Waals surface area contributed by atoms with Crippen LogP contribution in [0, 0.1) is 13.8 Å². The van der Waals surface area contributed by atoms with E-state index in [1.54, 1.807) is 7.11 Å². The van der Waals surface area contributed by atoms with Gasteiger partial charge < -0.3 is 10.1 Å². The highest BCUT2D eigenvalue weighted by Crippen LogP contribution is 2.32. The SMILES string of the molecule is COc1cc(C)c(C(C)NC(=O)c2ccccc2C)cc1C(C)C. The molecule has 2 aromatic rings. The second-order valence-corrected chi connectivity index (χ2v) is 6.62. The number of carbonyl (C=O) groups excluding carboxylic acids is 1. The minimum absolute atomic E-state index is 0.0399. The number of aryl methyl sites for hydroxylation is 2. The molecule has 0 saturated heterocycles. The van der Waals surface area contributed by atoms with E-state index in [9.17, 15) is 4.79 Å². The summed E-state index contributed by atoms with van der Waals surface area (Å²) >= 11 is 0. The number of ether oxygens (including phenoxy) is 1. The Morgan fingerprint density at radius 2 is 1.67 bits per heavy atom. The maximum atomic E-state index is 12.6. The van der Waals surface area contributed by atoms with Gasteiger partial charge in [0, 0.05) is 5.56 Å². The van der Waals surface area contributed by atoms with E-state index in [4.69, 9.17) is 4.74 Å². The fourth-order valence-electron chi connectivity index (χ4n) is 2.99. The van der Waals surface area contributed by atoms with Crippen LogP contribution in [0.2, 0.25) is 0 Å². The zero-order chi connectivity index (χ0) is 17.9. The van der Waals surface area contributed by atoms with Gasteiger partial charge in [0.25, 0.3) is 5.91 Å². The van der Waals surface area contributed by atoms with Crippen LogP contribution >= 0.6 is 0 Å². The highest BCUT2D eigenvalue weighted by Gasteiger charge is 2.18. The van der Waals surface area contributed by atoms with E-state index in [1.807, 2.05) is 38.1 Å². The van der Waals surface area contributed by atoms with Gasteiger partial charge in [0.15, 0.2) is 0 Å². The van der Waals surface area contributed by atoms with Crippen molar-refractivity contribution in [2.75, 3.05) is 7.11 Å². The van der Waals surface area contributed by atoms with Crippen LogP contribution in [0.3, 0.4) is 0 Å². The van der Waals surface area contributed by atoms with Crippen LogP contribution in [-0.2, 0) is 0 Å². The van der Waals surface area contributed by atoms with E-state index < -0.39 is 0 Å². The van der Waals surface area contributed by atoms with Gasteiger partial charge in [-0.25, -0.2) is 0 Å². The lowest BCUT2D eigenvalue weighted by atomic mass is 9.93. The van der Waals surface area contributed by atoms with Crippen LogP contribution in [0.25, 0.3) is 0 Å². The average molecular weight is 325 g/mol. The largest absolute Gasteiger partial charge is 0.496 e. The van der Waals surface area contributed by atoms with E-state index in [0.29, 0.717) is 5.92 Å². The summed E-state index contributed by atoms with van der Waals surface area (Å²) in [5, 5.41) is 3.12. The highest BCUT2D eigenvalue weighted by molar-refractivity contribution is 5.95. The van der Waals surface area contributed by atoms with Crippen molar-refractivity contribution in [2.45, 2.75) is 46.6 Å². The molecule has 0 radical (unpaired) electrons. The molecule has 0 spiro atoms. The number of nitrogens with one attached hydrogen (secondary N) is 1. The number of rotatable bonds is 5. The van der Waals surface area contributed by atoms with E-state index in [0.717, 1.165) is 33.6 Å². The second-order valence-electron chi connectivity index (χ2n) is 6.62. The third-order valence-electron chi connectivity index (χ3n) is 4.44. The molecule has 2 rings (SSSR count). The molecule has 1 unspecified atom stereocenters. The molecule has 1 N–H and O–H groups in total. The normalized spacial score (nSPS) is 12.1. The van der Waals surface area contributed by atoms with Gasteiger partial charge in [-0.15, -0.1) is 0 Å². The molecule has 0 fully saturated rings. The van der Waals surface area contributed by atoms with Crippen LogP contribution in [0.1, 0.15) is 65.3 Å². The van der Waals surface area contributed by atoms with E-state index in [1.165, 1.54) is 0 Å². The van der Waals surface area contributed by atoms with Crippen LogP contribution in [0.5, 0.6) is 5.75 Å². The van der Waals surface area contributed by atoms with Crippen molar-refractivity contribution >= 4 is 5.91 Å². The molecule has 1 amide bonds. The van der Waals surface area contributed by atoms with Gasteiger partial charge in [-0.1, -0.05) is 32.0 Å². The zero-order valence-electron chi connectivity index (χ0n) is 15.4. The fourth-order valence-corrected chi connectivity index (χ4v) is 2.99. The van der Waals surface area contributed by atoms with Gasteiger partial charge >= 0.3 is 0 Å². The van der Waals surface area contributed by atoms with E-state index in [-0.39, 0.29) is 11.9 Å². The van der Waals surface area contributed by atoms with Gasteiger partial charge in [0.05, 0.1) is 13.2 Å². The van der Waals surface area contributed by atoms with Crippen molar-refractivity contribution in [3.05, 3.63) is 64.2 Å². The molecule has 128 valence electrons. The Morgan fingerprint density at radius 1 is 1.00 bits per heavy atom. The quantitative estimate of drug-likeness (QED) is 0.847. The Hall–Kier alpha value is -2.29. The third kappa shape index (κ3) is 3.78. The molecule has 0 aliphatic heterocycles. The lowest BCUT2D eigenvalue weighted by molar-refractivity contribution is 0.0939. The molecular weight excluding hydrogens is 298 g/mol. The minimum Gasteiger partial charge on any atom is -0.496 e. The molecule has 3 nitrogen and oxygen atoms in total. The second kappa shape index (κ2) is 7.52. The van der Waals surface area contributed by atoms with Crippen molar-refractivity contribution in [2.24, 2.45) is 0 Å². The Labute approximate surface area is 145 Å². The number of amides is 1. The molecule has 1 atom stereocenters. The number of benzene rings is 2. The van der Waals surface area contributed by atoms with Crippen LogP contribution in [0.4, 0.5) is 0 Å². The van der Waals surface area contributed by atoms with Crippen LogP contribution < -0.4 is 10.1 Å². The monoisotopic (exact) mass is 325 g/mol. The van der Waals surface area contributed by atoms with Crippen molar-refractivity contribution in [3.8, 4) is 5.75 Å². The molecule has 0 bridgehead atoms. The topological polar surface area (TPSA) is 38.3 Å². The number of hydrogen-bond donors (Lipinski definition) is 1. The summed E-state index contributed by atoms with van der Waals surface area (Å²) in [7, 11) is 1.70.